The van der Waals surface area contributed by atoms with E-state index in [1.807, 2.05) is 32.9 Å². The molecule has 212 valence electrons. The number of carbonyl (C=O) groups excluding carboxylic acids is 2. The fraction of sp³-hybridized carbons (Fsp3) is 0.250. The number of aliphatic hydroxyl groups is 1. The molecule has 4 aromatic rings. The minimum atomic E-state index is -4.14. The molecule has 1 aliphatic rings. The van der Waals surface area contributed by atoms with Gasteiger partial charge in [0, 0.05) is 12.1 Å². The summed E-state index contributed by atoms with van der Waals surface area (Å²) >= 11 is 0.680. The van der Waals surface area contributed by atoms with E-state index in [0.29, 0.717) is 16.9 Å². The maximum absolute atomic E-state index is 13.4. The number of hydrogen-bond acceptors (Lipinski definition) is 10. The second-order valence-electron chi connectivity index (χ2n) is 10.6. The molecule has 1 fully saturated rings. The molecular formula is C28H25N3O8S2. The highest BCUT2D eigenvalue weighted by Gasteiger charge is 2.53. The summed E-state index contributed by atoms with van der Waals surface area (Å²) in [6.07, 6.45) is 0.966. The monoisotopic (exact) mass is 595 g/mol. The second kappa shape index (κ2) is 10.3. The SMILES string of the molecule is CC(C)(C)c1ccc([C@H]2[C@H]([C@H](O)c3ccco3)C(=O)C(=O)N2c2ncc(S(=O)(=O)c3ccc([N+](=O)[O-])cc3)s2)cc1. The molecule has 2 aromatic heterocycles. The minimum absolute atomic E-state index is 0.0529. The Kier molecular flexibility index (Phi) is 7.14. The van der Waals surface area contributed by atoms with E-state index in [0.717, 1.165) is 40.9 Å². The average Bonchev–Trinajstić information content (AvgIpc) is 3.69. The van der Waals surface area contributed by atoms with Crippen LogP contribution >= 0.6 is 11.3 Å². The lowest BCUT2D eigenvalue weighted by Crippen LogP contribution is -2.30. The quantitative estimate of drug-likeness (QED) is 0.180. The lowest BCUT2D eigenvalue weighted by atomic mass is 9.83. The third-order valence-corrected chi connectivity index (χ3v) is 10.2. The van der Waals surface area contributed by atoms with Crippen molar-refractivity contribution in [1.29, 1.82) is 0 Å². The molecule has 1 aliphatic heterocycles. The Morgan fingerprint density at radius 3 is 2.29 bits per heavy atom. The molecule has 0 spiro atoms. The number of aliphatic hydroxyl groups excluding tert-OH is 1. The molecule has 3 atom stereocenters. The van der Waals surface area contributed by atoms with Gasteiger partial charge in [0.2, 0.25) is 15.6 Å². The summed E-state index contributed by atoms with van der Waals surface area (Å²) in [6.45, 7) is 6.13. The first kappa shape index (κ1) is 28.3. The first-order chi connectivity index (χ1) is 19.3. The highest BCUT2D eigenvalue weighted by atomic mass is 32.2. The molecule has 1 amide bonds. The third kappa shape index (κ3) is 5.07. The summed E-state index contributed by atoms with van der Waals surface area (Å²) in [6, 6.07) is 13.7. The molecule has 0 saturated carbocycles. The van der Waals surface area contributed by atoms with Crippen LogP contribution in [0, 0.1) is 16.0 Å². The van der Waals surface area contributed by atoms with Crippen molar-refractivity contribution in [3.63, 3.8) is 0 Å². The Morgan fingerprint density at radius 2 is 1.73 bits per heavy atom. The Hall–Kier alpha value is -4.20. The van der Waals surface area contributed by atoms with Crippen LogP contribution in [-0.2, 0) is 24.8 Å². The highest BCUT2D eigenvalue weighted by molar-refractivity contribution is 7.93. The average molecular weight is 596 g/mol. The summed E-state index contributed by atoms with van der Waals surface area (Å²) in [7, 11) is -4.14. The van der Waals surface area contributed by atoms with Gasteiger partial charge >= 0.3 is 0 Å². The van der Waals surface area contributed by atoms with Crippen molar-refractivity contribution in [2.24, 2.45) is 5.92 Å². The van der Waals surface area contributed by atoms with E-state index in [1.165, 1.54) is 12.3 Å². The van der Waals surface area contributed by atoms with Gasteiger partial charge in [-0.2, -0.15) is 0 Å². The number of amides is 1. The standard InChI is InChI=1S/C28H25N3O8S2/c1-28(2,3)17-8-6-16(7-9-17)23-22(24(32)20-5-4-14-39-20)25(33)26(34)30(23)27-29-15-21(40-27)41(37,38)19-12-10-18(11-13-19)31(35)36/h4-15,22-24,32H,1-3H3/t22-,23+,24-/m1/s1. The molecule has 0 bridgehead atoms. The van der Waals surface area contributed by atoms with E-state index >= 15 is 0 Å². The second-order valence-corrected chi connectivity index (χ2v) is 13.7. The molecule has 0 radical (unpaired) electrons. The fourth-order valence-corrected chi connectivity index (χ4v) is 7.29. The predicted octanol–water partition coefficient (Wildman–Crippen LogP) is 4.78. The first-order valence-electron chi connectivity index (χ1n) is 12.5. The van der Waals surface area contributed by atoms with Gasteiger partial charge in [-0.05, 0) is 40.8 Å². The summed E-state index contributed by atoms with van der Waals surface area (Å²) in [5.74, 6) is -2.96. The van der Waals surface area contributed by atoms with Gasteiger partial charge < -0.3 is 9.52 Å². The van der Waals surface area contributed by atoms with Gasteiger partial charge in [-0.1, -0.05) is 56.4 Å². The number of thiazole rings is 1. The van der Waals surface area contributed by atoms with Crippen LogP contribution in [0.4, 0.5) is 10.8 Å². The van der Waals surface area contributed by atoms with Crippen LogP contribution in [-0.4, -0.2) is 35.1 Å². The number of non-ortho nitro benzene ring substituents is 1. The van der Waals surface area contributed by atoms with Crippen LogP contribution < -0.4 is 4.90 Å². The number of nitrogens with zero attached hydrogens (tertiary/aromatic N) is 3. The van der Waals surface area contributed by atoms with Gasteiger partial charge in [-0.15, -0.1) is 0 Å². The normalized spacial score (nSPS) is 18.6. The van der Waals surface area contributed by atoms with Crippen LogP contribution in [0.1, 0.15) is 49.8 Å². The van der Waals surface area contributed by atoms with Gasteiger partial charge in [-0.25, -0.2) is 13.4 Å². The Morgan fingerprint density at radius 1 is 1.07 bits per heavy atom. The number of carbonyl (C=O) groups is 2. The third-order valence-electron chi connectivity index (χ3n) is 6.94. The largest absolute Gasteiger partial charge is 0.467 e. The summed E-state index contributed by atoms with van der Waals surface area (Å²) in [5.41, 5.74) is 1.12. The van der Waals surface area contributed by atoms with Crippen molar-refractivity contribution in [3.8, 4) is 0 Å². The van der Waals surface area contributed by atoms with Crippen molar-refractivity contribution in [1.82, 2.24) is 4.98 Å². The van der Waals surface area contributed by atoms with E-state index in [-0.39, 0.29) is 31.1 Å². The fourth-order valence-electron chi connectivity index (χ4n) is 4.74. The number of Topliss-reactive ketones (excluding diaryl/α,β-unsaturated/α-hetero) is 1. The van der Waals surface area contributed by atoms with Crippen molar-refractivity contribution in [2.45, 2.75) is 47.4 Å². The van der Waals surface area contributed by atoms with E-state index in [9.17, 15) is 33.2 Å². The summed E-state index contributed by atoms with van der Waals surface area (Å²) < 4.78 is 31.7. The zero-order valence-electron chi connectivity index (χ0n) is 22.1. The number of nitro benzene ring substituents is 1. The Bertz CT molecular complexity index is 1720. The van der Waals surface area contributed by atoms with Crippen molar-refractivity contribution in [3.05, 3.63) is 100 Å². The molecule has 1 saturated heterocycles. The van der Waals surface area contributed by atoms with Crippen LogP contribution in [0.2, 0.25) is 0 Å². The number of rotatable bonds is 7. The summed E-state index contributed by atoms with van der Waals surface area (Å²) in [4.78, 5) is 42.2. The number of ketones is 1. The lowest BCUT2D eigenvalue weighted by Gasteiger charge is -2.28. The maximum Gasteiger partial charge on any atom is 0.297 e. The lowest BCUT2D eigenvalue weighted by molar-refractivity contribution is -0.384. The number of sulfone groups is 1. The smallest absolute Gasteiger partial charge is 0.297 e. The molecule has 0 aliphatic carbocycles. The van der Waals surface area contributed by atoms with E-state index in [1.54, 1.807) is 18.2 Å². The van der Waals surface area contributed by atoms with Gasteiger partial charge in [0.1, 0.15) is 16.1 Å². The molecule has 3 heterocycles. The zero-order valence-corrected chi connectivity index (χ0v) is 23.8. The Balaban J connectivity index is 1.57. The van der Waals surface area contributed by atoms with Gasteiger partial charge in [0.25, 0.3) is 11.6 Å². The zero-order chi connectivity index (χ0) is 29.7. The molecule has 0 unspecified atom stereocenters. The molecule has 1 N–H and O–H groups in total. The molecule has 2 aromatic carbocycles. The molecule has 11 nitrogen and oxygen atoms in total. The van der Waals surface area contributed by atoms with Crippen LogP contribution in [0.25, 0.3) is 0 Å². The van der Waals surface area contributed by atoms with Crippen molar-refractivity contribution in [2.75, 3.05) is 4.90 Å². The van der Waals surface area contributed by atoms with Crippen molar-refractivity contribution < 1.29 is 32.5 Å². The number of furan rings is 1. The number of nitro groups is 1. The number of aromatic nitrogens is 1. The van der Waals surface area contributed by atoms with Crippen LogP contribution in [0.5, 0.6) is 0 Å². The van der Waals surface area contributed by atoms with Crippen LogP contribution in [0.15, 0.2) is 86.6 Å². The minimum Gasteiger partial charge on any atom is -0.467 e. The van der Waals surface area contributed by atoms with Crippen LogP contribution in [0.3, 0.4) is 0 Å². The van der Waals surface area contributed by atoms with Crippen molar-refractivity contribution >= 4 is 43.7 Å². The topological polar surface area (TPSA) is 161 Å². The van der Waals surface area contributed by atoms with Gasteiger partial charge in [0.05, 0.1) is 34.2 Å². The highest BCUT2D eigenvalue weighted by Crippen LogP contribution is 2.47. The molecule has 13 heteroatoms. The van der Waals surface area contributed by atoms with Gasteiger partial charge in [0.15, 0.2) is 5.13 Å². The summed E-state index contributed by atoms with van der Waals surface area (Å²) in [5, 5.41) is 22.1. The maximum atomic E-state index is 13.4. The number of anilines is 1. The Labute approximate surface area is 239 Å². The number of hydrogen-bond donors (Lipinski definition) is 1. The van der Waals surface area contributed by atoms with E-state index in [2.05, 4.69) is 4.98 Å². The molecule has 5 rings (SSSR count). The van der Waals surface area contributed by atoms with E-state index < -0.39 is 44.5 Å². The number of benzene rings is 2. The first-order valence-corrected chi connectivity index (χ1v) is 14.8. The van der Waals surface area contributed by atoms with Gasteiger partial charge in [-0.3, -0.25) is 24.6 Å². The molecule has 41 heavy (non-hydrogen) atoms. The van der Waals surface area contributed by atoms with E-state index in [4.69, 9.17) is 4.42 Å². The predicted molar refractivity (Wildman–Crippen MR) is 148 cm³/mol. The molecular weight excluding hydrogens is 570 g/mol.